The minimum atomic E-state index is -4.34. The van der Waals surface area contributed by atoms with E-state index in [1.165, 1.54) is 12.1 Å². The normalized spacial score (nSPS) is 25.3. The van der Waals surface area contributed by atoms with Gasteiger partial charge in [0.05, 0.1) is 18.8 Å². The van der Waals surface area contributed by atoms with Crippen LogP contribution in [0.1, 0.15) is 31.4 Å². The van der Waals surface area contributed by atoms with Crippen LogP contribution in [0, 0.1) is 5.41 Å². The summed E-state index contributed by atoms with van der Waals surface area (Å²) < 4.78 is 44.6. The third-order valence-electron chi connectivity index (χ3n) is 5.16. The van der Waals surface area contributed by atoms with E-state index in [0.29, 0.717) is 51.4 Å². The first-order chi connectivity index (χ1) is 12.2. The van der Waals surface area contributed by atoms with Gasteiger partial charge in [-0.05, 0) is 25.5 Å². The molecule has 1 amide bonds. The Hall–Kier alpha value is -1.60. The van der Waals surface area contributed by atoms with Gasteiger partial charge in [0, 0.05) is 44.1 Å². The lowest BCUT2D eigenvalue weighted by Crippen LogP contribution is -2.41. The Bertz CT molecular complexity index is 662. The van der Waals surface area contributed by atoms with Gasteiger partial charge < -0.3 is 9.64 Å². The number of hydrogen-bond acceptors (Lipinski definition) is 3. The van der Waals surface area contributed by atoms with E-state index in [9.17, 15) is 18.0 Å². The summed E-state index contributed by atoms with van der Waals surface area (Å²) in [6.45, 7) is 7.39. The van der Waals surface area contributed by atoms with Gasteiger partial charge in [-0.3, -0.25) is 9.69 Å². The van der Waals surface area contributed by atoms with Crippen molar-refractivity contribution in [3.63, 3.8) is 0 Å². The molecule has 0 aliphatic carbocycles. The first-order valence-electron chi connectivity index (χ1n) is 8.94. The highest BCUT2D eigenvalue weighted by Gasteiger charge is 2.46. The third-order valence-corrected chi connectivity index (χ3v) is 5.16. The molecule has 3 rings (SSSR count). The number of carbonyl (C=O) groups is 1. The molecule has 2 saturated heterocycles. The van der Waals surface area contributed by atoms with Crippen LogP contribution in [0.25, 0.3) is 0 Å². The third kappa shape index (κ3) is 4.20. The first kappa shape index (κ1) is 19.2. The molecule has 144 valence electrons. The van der Waals surface area contributed by atoms with Crippen LogP contribution in [0.15, 0.2) is 24.3 Å². The molecule has 4 nitrogen and oxygen atoms in total. The number of hydrogen-bond donors (Lipinski definition) is 0. The van der Waals surface area contributed by atoms with E-state index < -0.39 is 11.7 Å². The monoisotopic (exact) mass is 370 g/mol. The Morgan fingerprint density at radius 3 is 2.69 bits per heavy atom. The van der Waals surface area contributed by atoms with Gasteiger partial charge in [0.2, 0.25) is 5.91 Å². The van der Waals surface area contributed by atoms with Crippen LogP contribution in [0.4, 0.5) is 13.2 Å². The van der Waals surface area contributed by atoms with Crippen LogP contribution < -0.4 is 0 Å². The van der Waals surface area contributed by atoms with Crippen molar-refractivity contribution in [2.45, 2.75) is 39.0 Å². The zero-order valence-electron chi connectivity index (χ0n) is 15.2. The zero-order chi connectivity index (χ0) is 18.9. The second-order valence-electron chi connectivity index (χ2n) is 7.75. The van der Waals surface area contributed by atoms with Gasteiger partial charge in [-0.2, -0.15) is 13.2 Å². The Morgan fingerprint density at radius 1 is 1.27 bits per heavy atom. The average molecular weight is 370 g/mol. The van der Waals surface area contributed by atoms with Crippen LogP contribution in [0.3, 0.4) is 0 Å². The molecule has 2 aliphatic rings. The fourth-order valence-corrected chi connectivity index (χ4v) is 3.92. The van der Waals surface area contributed by atoms with Crippen LogP contribution in [-0.4, -0.2) is 54.6 Å². The highest BCUT2D eigenvalue weighted by molar-refractivity contribution is 5.79. The number of halogens is 3. The van der Waals surface area contributed by atoms with Crippen LogP contribution in [-0.2, 0) is 22.3 Å². The topological polar surface area (TPSA) is 32.8 Å². The number of likely N-dealkylation sites (tertiary alicyclic amines) is 1. The van der Waals surface area contributed by atoms with Gasteiger partial charge in [-0.1, -0.05) is 18.2 Å². The molecule has 1 aromatic rings. The number of alkyl halides is 3. The van der Waals surface area contributed by atoms with Crippen molar-refractivity contribution < 1.29 is 22.7 Å². The molecule has 0 radical (unpaired) electrons. The van der Waals surface area contributed by atoms with Gasteiger partial charge in [0.15, 0.2) is 0 Å². The molecule has 2 fully saturated rings. The number of benzene rings is 1. The van der Waals surface area contributed by atoms with E-state index in [-0.39, 0.29) is 17.4 Å². The van der Waals surface area contributed by atoms with E-state index in [0.717, 1.165) is 6.07 Å². The van der Waals surface area contributed by atoms with Crippen LogP contribution in [0.2, 0.25) is 0 Å². The maximum absolute atomic E-state index is 12.9. The van der Waals surface area contributed by atoms with Gasteiger partial charge in [-0.25, -0.2) is 0 Å². The predicted octanol–water partition coefficient (Wildman–Crippen LogP) is 3.16. The van der Waals surface area contributed by atoms with E-state index in [4.69, 9.17) is 4.74 Å². The number of nitrogens with zero attached hydrogens (tertiary/aromatic N) is 2. The van der Waals surface area contributed by atoms with E-state index in [1.54, 1.807) is 6.07 Å². The highest BCUT2D eigenvalue weighted by Crippen LogP contribution is 2.36. The van der Waals surface area contributed by atoms with Crippen LogP contribution in [0.5, 0.6) is 0 Å². The number of rotatable bonds is 3. The van der Waals surface area contributed by atoms with Crippen molar-refractivity contribution in [2.75, 3.05) is 32.8 Å². The number of amides is 1. The largest absolute Gasteiger partial charge is 0.416 e. The quantitative estimate of drug-likeness (QED) is 0.819. The summed E-state index contributed by atoms with van der Waals surface area (Å²) in [7, 11) is 0. The van der Waals surface area contributed by atoms with E-state index in [1.807, 2.05) is 18.7 Å². The maximum atomic E-state index is 12.9. The highest BCUT2D eigenvalue weighted by atomic mass is 19.4. The average Bonchev–Trinajstić information content (AvgIpc) is 2.75. The molecule has 0 N–H and O–H groups in total. The van der Waals surface area contributed by atoms with E-state index >= 15 is 0 Å². The summed E-state index contributed by atoms with van der Waals surface area (Å²) >= 11 is 0. The first-order valence-corrected chi connectivity index (χ1v) is 8.94. The van der Waals surface area contributed by atoms with Gasteiger partial charge in [0.1, 0.15) is 0 Å². The number of carbonyl (C=O) groups excluding carboxylic acids is 1. The van der Waals surface area contributed by atoms with Crippen molar-refractivity contribution in [1.29, 1.82) is 0 Å². The SMILES string of the molecule is CC(C)N1C[C@]2(COCCN(Cc3cccc(C(F)(F)F)c3)C2)CC1=O. The second-order valence-corrected chi connectivity index (χ2v) is 7.75. The molecular weight excluding hydrogens is 345 g/mol. The molecule has 2 heterocycles. The molecule has 2 aliphatic heterocycles. The van der Waals surface area contributed by atoms with Crippen molar-refractivity contribution in [3.8, 4) is 0 Å². The Kier molecular flexibility index (Phi) is 5.30. The minimum absolute atomic E-state index is 0.129. The van der Waals surface area contributed by atoms with E-state index in [2.05, 4.69) is 4.90 Å². The standard InChI is InChI=1S/C19H25F3N2O2/c1-14(2)24-12-18(9-17(24)25)11-23(6-7-26-13-18)10-15-4-3-5-16(8-15)19(20,21)22/h3-5,8,14H,6-7,9-13H2,1-2H3/t18-/m0/s1. The molecule has 1 atom stereocenters. The summed E-state index contributed by atoms with van der Waals surface area (Å²) in [5, 5.41) is 0. The molecule has 0 aromatic heterocycles. The van der Waals surface area contributed by atoms with Gasteiger partial charge in [-0.15, -0.1) is 0 Å². The molecular formula is C19H25F3N2O2. The molecule has 1 aromatic carbocycles. The Labute approximate surface area is 151 Å². The summed E-state index contributed by atoms with van der Waals surface area (Å²) in [5.74, 6) is 0.129. The molecule has 7 heteroatoms. The minimum Gasteiger partial charge on any atom is -0.379 e. The Balaban J connectivity index is 1.74. The lowest BCUT2D eigenvalue weighted by molar-refractivity contribution is -0.137. The van der Waals surface area contributed by atoms with Gasteiger partial charge in [0.25, 0.3) is 0 Å². The van der Waals surface area contributed by atoms with Gasteiger partial charge >= 0.3 is 6.18 Å². The van der Waals surface area contributed by atoms with Crippen molar-refractivity contribution in [3.05, 3.63) is 35.4 Å². The summed E-state index contributed by atoms with van der Waals surface area (Å²) in [6.07, 6.45) is -3.90. The zero-order valence-corrected chi connectivity index (χ0v) is 15.2. The van der Waals surface area contributed by atoms with Crippen molar-refractivity contribution in [2.24, 2.45) is 5.41 Å². The number of ether oxygens (including phenoxy) is 1. The predicted molar refractivity (Wildman–Crippen MR) is 91.4 cm³/mol. The van der Waals surface area contributed by atoms with Crippen molar-refractivity contribution in [1.82, 2.24) is 9.80 Å². The molecule has 0 saturated carbocycles. The smallest absolute Gasteiger partial charge is 0.379 e. The lowest BCUT2D eigenvalue weighted by atomic mass is 9.87. The maximum Gasteiger partial charge on any atom is 0.416 e. The summed E-state index contributed by atoms with van der Waals surface area (Å²) in [5.41, 5.74) is -0.279. The fourth-order valence-electron chi connectivity index (χ4n) is 3.92. The summed E-state index contributed by atoms with van der Waals surface area (Å²) in [6, 6.07) is 5.60. The molecule has 0 unspecified atom stereocenters. The van der Waals surface area contributed by atoms with Crippen molar-refractivity contribution >= 4 is 5.91 Å². The Morgan fingerprint density at radius 2 is 2.04 bits per heavy atom. The molecule has 26 heavy (non-hydrogen) atoms. The second kappa shape index (κ2) is 7.19. The molecule has 1 spiro atoms. The lowest BCUT2D eigenvalue weighted by Gasteiger charge is -2.32. The van der Waals surface area contributed by atoms with Crippen LogP contribution >= 0.6 is 0 Å². The fraction of sp³-hybridized carbons (Fsp3) is 0.632. The summed E-state index contributed by atoms with van der Waals surface area (Å²) in [4.78, 5) is 16.3. The molecule has 0 bridgehead atoms.